The largest absolute Gasteiger partial charge is 0.465 e. The van der Waals surface area contributed by atoms with Crippen LogP contribution in [0.15, 0.2) is 0 Å². The average molecular weight is 215 g/mol. The van der Waals surface area contributed by atoms with Gasteiger partial charge in [-0.2, -0.15) is 0 Å². The number of carbonyl (C=O) groups is 1. The second kappa shape index (κ2) is 8.72. The van der Waals surface area contributed by atoms with Crippen LogP contribution >= 0.6 is 0 Å². The van der Waals surface area contributed by atoms with Crippen LogP contribution in [-0.2, 0) is 9.53 Å². The number of hydrogen-bond acceptors (Lipinski definition) is 3. The third-order valence-electron chi connectivity index (χ3n) is 2.36. The summed E-state index contributed by atoms with van der Waals surface area (Å²) in [6.07, 6.45) is 4.08. The Bertz CT molecular complexity index is 171. The van der Waals surface area contributed by atoms with E-state index in [0.717, 1.165) is 25.7 Å². The first-order chi connectivity index (χ1) is 7.15. The van der Waals surface area contributed by atoms with Gasteiger partial charge >= 0.3 is 5.97 Å². The molecule has 0 aliphatic rings. The van der Waals surface area contributed by atoms with E-state index < -0.39 is 0 Å². The monoisotopic (exact) mass is 215 g/mol. The van der Waals surface area contributed by atoms with Crippen LogP contribution in [0.5, 0.6) is 0 Å². The molecule has 0 radical (unpaired) electrons. The maximum atomic E-state index is 11.6. The summed E-state index contributed by atoms with van der Waals surface area (Å²) < 4.78 is 5.03. The predicted octanol–water partition coefficient (Wildman–Crippen LogP) is 2.50. The summed E-state index contributed by atoms with van der Waals surface area (Å²) >= 11 is 0. The molecule has 0 saturated heterocycles. The SMILES string of the molecule is CCCC(C)NC(CCC)C(=O)OCC. The van der Waals surface area contributed by atoms with Crippen LogP contribution in [0, 0.1) is 0 Å². The molecule has 0 saturated carbocycles. The molecule has 2 unspecified atom stereocenters. The van der Waals surface area contributed by atoms with Gasteiger partial charge in [-0.05, 0) is 26.7 Å². The van der Waals surface area contributed by atoms with Gasteiger partial charge in [0.25, 0.3) is 0 Å². The van der Waals surface area contributed by atoms with Crippen LogP contribution in [0.1, 0.15) is 53.4 Å². The Morgan fingerprint density at radius 2 is 1.80 bits per heavy atom. The topological polar surface area (TPSA) is 38.3 Å². The van der Waals surface area contributed by atoms with Gasteiger partial charge in [0.1, 0.15) is 6.04 Å². The van der Waals surface area contributed by atoms with Crippen LogP contribution in [0.2, 0.25) is 0 Å². The van der Waals surface area contributed by atoms with Crippen molar-refractivity contribution in [1.29, 1.82) is 0 Å². The van der Waals surface area contributed by atoms with Gasteiger partial charge < -0.3 is 10.1 Å². The molecule has 0 aliphatic heterocycles. The van der Waals surface area contributed by atoms with Gasteiger partial charge in [0.15, 0.2) is 0 Å². The fourth-order valence-corrected chi connectivity index (χ4v) is 1.66. The lowest BCUT2D eigenvalue weighted by atomic mass is 10.1. The standard InChI is InChI=1S/C12H25NO2/c1-5-8-10(4)13-11(9-6-2)12(14)15-7-3/h10-11,13H,5-9H2,1-4H3. The minimum atomic E-state index is -0.128. The van der Waals surface area contributed by atoms with Crippen molar-refractivity contribution >= 4 is 5.97 Å². The van der Waals surface area contributed by atoms with E-state index in [4.69, 9.17) is 4.74 Å². The van der Waals surface area contributed by atoms with Crippen LogP contribution in [-0.4, -0.2) is 24.7 Å². The first-order valence-electron chi connectivity index (χ1n) is 6.08. The van der Waals surface area contributed by atoms with E-state index in [1.54, 1.807) is 0 Å². The molecule has 0 aromatic carbocycles. The molecule has 3 heteroatoms. The van der Waals surface area contributed by atoms with Crippen LogP contribution in [0.25, 0.3) is 0 Å². The van der Waals surface area contributed by atoms with Crippen molar-refractivity contribution in [3.05, 3.63) is 0 Å². The van der Waals surface area contributed by atoms with Gasteiger partial charge in [-0.25, -0.2) is 0 Å². The molecule has 0 spiro atoms. The van der Waals surface area contributed by atoms with Crippen LogP contribution in [0.4, 0.5) is 0 Å². The van der Waals surface area contributed by atoms with E-state index >= 15 is 0 Å². The Morgan fingerprint density at radius 1 is 1.20 bits per heavy atom. The summed E-state index contributed by atoms with van der Waals surface area (Å²) in [5.41, 5.74) is 0. The minimum Gasteiger partial charge on any atom is -0.465 e. The van der Waals surface area contributed by atoms with Crippen molar-refractivity contribution in [3.8, 4) is 0 Å². The molecular formula is C12H25NO2. The molecule has 15 heavy (non-hydrogen) atoms. The summed E-state index contributed by atoms with van der Waals surface area (Å²) in [6.45, 7) is 8.65. The molecule has 0 aromatic rings. The molecule has 0 bridgehead atoms. The fourth-order valence-electron chi connectivity index (χ4n) is 1.66. The van der Waals surface area contributed by atoms with Crippen molar-refractivity contribution in [2.45, 2.75) is 65.5 Å². The zero-order valence-corrected chi connectivity index (χ0v) is 10.5. The van der Waals surface area contributed by atoms with Crippen LogP contribution < -0.4 is 5.32 Å². The smallest absolute Gasteiger partial charge is 0.323 e. The summed E-state index contributed by atoms with van der Waals surface area (Å²) in [6, 6.07) is 0.257. The number of nitrogens with one attached hydrogen (secondary N) is 1. The molecular weight excluding hydrogens is 190 g/mol. The highest BCUT2D eigenvalue weighted by Gasteiger charge is 2.19. The maximum absolute atomic E-state index is 11.6. The third kappa shape index (κ3) is 6.50. The Hall–Kier alpha value is -0.570. The van der Waals surface area contributed by atoms with E-state index in [9.17, 15) is 4.79 Å². The number of ether oxygens (including phenoxy) is 1. The summed E-state index contributed by atoms with van der Waals surface area (Å²) in [7, 11) is 0. The first kappa shape index (κ1) is 14.4. The summed E-state index contributed by atoms with van der Waals surface area (Å²) in [5.74, 6) is -0.109. The van der Waals surface area contributed by atoms with E-state index in [1.807, 2.05) is 6.92 Å². The molecule has 90 valence electrons. The lowest BCUT2D eigenvalue weighted by Gasteiger charge is -2.21. The average Bonchev–Trinajstić information content (AvgIpc) is 2.18. The maximum Gasteiger partial charge on any atom is 0.323 e. The van der Waals surface area contributed by atoms with Gasteiger partial charge in [-0.3, -0.25) is 4.79 Å². The Morgan fingerprint density at radius 3 is 2.27 bits per heavy atom. The Labute approximate surface area is 93.6 Å². The number of esters is 1. The zero-order chi connectivity index (χ0) is 11.7. The van der Waals surface area contributed by atoms with Crippen molar-refractivity contribution in [1.82, 2.24) is 5.32 Å². The third-order valence-corrected chi connectivity index (χ3v) is 2.36. The molecule has 0 rings (SSSR count). The van der Waals surface area contributed by atoms with E-state index in [-0.39, 0.29) is 12.0 Å². The highest BCUT2D eigenvalue weighted by molar-refractivity contribution is 5.75. The number of hydrogen-bond donors (Lipinski definition) is 1. The van der Waals surface area contributed by atoms with Gasteiger partial charge in [-0.15, -0.1) is 0 Å². The lowest BCUT2D eigenvalue weighted by molar-refractivity contribution is -0.146. The first-order valence-corrected chi connectivity index (χ1v) is 6.08. The lowest BCUT2D eigenvalue weighted by Crippen LogP contribution is -2.42. The number of rotatable bonds is 8. The molecule has 0 aliphatic carbocycles. The van der Waals surface area contributed by atoms with Crippen molar-refractivity contribution in [3.63, 3.8) is 0 Å². The predicted molar refractivity (Wildman–Crippen MR) is 62.8 cm³/mol. The molecule has 0 aromatic heterocycles. The quantitative estimate of drug-likeness (QED) is 0.632. The molecule has 0 heterocycles. The highest BCUT2D eigenvalue weighted by atomic mass is 16.5. The molecule has 0 fully saturated rings. The van der Waals surface area contributed by atoms with Gasteiger partial charge in [0.2, 0.25) is 0 Å². The summed E-state index contributed by atoms with van der Waals surface area (Å²) in [5, 5.41) is 3.33. The van der Waals surface area contributed by atoms with Crippen molar-refractivity contribution in [2.24, 2.45) is 0 Å². The van der Waals surface area contributed by atoms with Gasteiger partial charge in [-0.1, -0.05) is 26.7 Å². The minimum absolute atomic E-state index is 0.109. The summed E-state index contributed by atoms with van der Waals surface area (Å²) in [4.78, 5) is 11.6. The van der Waals surface area contributed by atoms with E-state index in [1.165, 1.54) is 0 Å². The highest BCUT2D eigenvalue weighted by Crippen LogP contribution is 2.04. The second-order valence-electron chi connectivity index (χ2n) is 3.95. The molecule has 0 amide bonds. The molecule has 3 nitrogen and oxygen atoms in total. The van der Waals surface area contributed by atoms with E-state index in [2.05, 4.69) is 26.1 Å². The number of carbonyl (C=O) groups excluding carboxylic acids is 1. The van der Waals surface area contributed by atoms with Crippen molar-refractivity contribution < 1.29 is 9.53 Å². The molecule has 2 atom stereocenters. The Kier molecular flexibility index (Phi) is 8.38. The second-order valence-corrected chi connectivity index (χ2v) is 3.95. The van der Waals surface area contributed by atoms with Gasteiger partial charge in [0, 0.05) is 6.04 Å². The Balaban J connectivity index is 4.07. The molecule has 1 N–H and O–H groups in total. The van der Waals surface area contributed by atoms with Crippen molar-refractivity contribution in [2.75, 3.05) is 6.61 Å². The van der Waals surface area contributed by atoms with E-state index in [0.29, 0.717) is 12.6 Å². The zero-order valence-electron chi connectivity index (χ0n) is 10.5. The fraction of sp³-hybridized carbons (Fsp3) is 0.917. The normalized spacial score (nSPS) is 14.7. The van der Waals surface area contributed by atoms with Gasteiger partial charge in [0.05, 0.1) is 6.61 Å². The van der Waals surface area contributed by atoms with Crippen LogP contribution in [0.3, 0.4) is 0 Å².